The molecule has 0 amide bonds. The summed E-state index contributed by atoms with van der Waals surface area (Å²) in [6.45, 7) is 6.03. The van der Waals surface area contributed by atoms with Crippen LogP contribution in [0.5, 0.6) is 0 Å². The van der Waals surface area contributed by atoms with Crippen molar-refractivity contribution in [1.82, 2.24) is 10.6 Å². The fraction of sp³-hybridized carbons (Fsp3) is 1.00. The molecule has 0 aromatic carbocycles. The van der Waals surface area contributed by atoms with Crippen LogP contribution in [0, 0.1) is 11.8 Å². The molecular weight excluding hydrogens is 124 g/mol. The molecular formula is C8H16N2. The van der Waals surface area contributed by atoms with Crippen molar-refractivity contribution in [2.45, 2.75) is 19.4 Å². The Morgan fingerprint density at radius 3 is 3.00 bits per heavy atom. The molecule has 3 atom stereocenters. The smallest absolute Gasteiger partial charge is 0.0123 e. The maximum absolute atomic E-state index is 3.57. The van der Waals surface area contributed by atoms with Crippen LogP contribution < -0.4 is 10.6 Å². The van der Waals surface area contributed by atoms with Crippen molar-refractivity contribution in [3.05, 3.63) is 0 Å². The molecule has 0 bridgehead atoms. The van der Waals surface area contributed by atoms with Crippen LogP contribution in [-0.4, -0.2) is 25.7 Å². The summed E-state index contributed by atoms with van der Waals surface area (Å²) >= 11 is 0. The van der Waals surface area contributed by atoms with Crippen molar-refractivity contribution in [3.8, 4) is 0 Å². The Labute approximate surface area is 62.4 Å². The molecule has 2 N–H and O–H groups in total. The van der Waals surface area contributed by atoms with E-state index in [4.69, 9.17) is 0 Å². The van der Waals surface area contributed by atoms with Gasteiger partial charge in [0.25, 0.3) is 0 Å². The molecule has 2 nitrogen and oxygen atoms in total. The molecule has 2 saturated heterocycles. The summed E-state index contributed by atoms with van der Waals surface area (Å²) in [4.78, 5) is 0. The molecule has 2 rings (SSSR count). The lowest BCUT2D eigenvalue weighted by Crippen LogP contribution is -2.42. The van der Waals surface area contributed by atoms with Gasteiger partial charge in [0, 0.05) is 6.04 Å². The molecule has 2 aliphatic rings. The summed E-state index contributed by atoms with van der Waals surface area (Å²) in [7, 11) is 0. The second kappa shape index (κ2) is 2.51. The van der Waals surface area contributed by atoms with Crippen LogP contribution in [0.15, 0.2) is 0 Å². The van der Waals surface area contributed by atoms with Gasteiger partial charge in [0.1, 0.15) is 0 Å². The third-order valence-electron chi connectivity index (χ3n) is 2.96. The quantitative estimate of drug-likeness (QED) is 0.502. The van der Waals surface area contributed by atoms with Crippen LogP contribution in [0.4, 0.5) is 0 Å². The first kappa shape index (κ1) is 6.62. The first-order valence-electron chi connectivity index (χ1n) is 4.32. The van der Waals surface area contributed by atoms with Gasteiger partial charge in [0.2, 0.25) is 0 Å². The van der Waals surface area contributed by atoms with Crippen LogP contribution in [0.2, 0.25) is 0 Å². The standard InChI is InChI=1S/C8H16N2/c1-6-4-10-8-2-3-9-5-7(6)8/h6-10H,2-5H2,1H3. The second-order valence-electron chi connectivity index (χ2n) is 3.65. The molecule has 3 unspecified atom stereocenters. The highest BCUT2D eigenvalue weighted by atomic mass is 15.0. The van der Waals surface area contributed by atoms with Crippen LogP contribution >= 0.6 is 0 Å². The molecule has 0 spiro atoms. The lowest BCUT2D eigenvalue weighted by molar-refractivity contribution is 0.303. The zero-order valence-corrected chi connectivity index (χ0v) is 6.56. The Bertz CT molecular complexity index is 122. The Hall–Kier alpha value is -0.0800. The van der Waals surface area contributed by atoms with E-state index in [-0.39, 0.29) is 0 Å². The summed E-state index contributed by atoms with van der Waals surface area (Å²) in [5, 5.41) is 7.01. The first-order valence-corrected chi connectivity index (χ1v) is 4.32. The van der Waals surface area contributed by atoms with Gasteiger partial charge < -0.3 is 10.6 Å². The van der Waals surface area contributed by atoms with Crippen molar-refractivity contribution in [3.63, 3.8) is 0 Å². The average molecular weight is 140 g/mol. The second-order valence-corrected chi connectivity index (χ2v) is 3.65. The zero-order chi connectivity index (χ0) is 6.97. The van der Waals surface area contributed by atoms with Gasteiger partial charge in [-0.1, -0.05) is 6.92 Å². The van der Waals surface area contributed by atoms with Crippen molar-refractivity contribution < 1.29 is 0 Å². The molecule has 0 aromatic rings. The molecule has 2 fully saturated rings. The average Bonchev–Trinajstić information content (AvgIpc) is 2.34. The molecule has 2 heterocycles. The lowest BCUT2D eigenvalue weighted by Gasteiger charge is -2.27. The zero-order valence-electron chi connectivity index (χ0n) is 6.56. The van der Waals surface area contributed by atoms with Gasteiger partial charge in [0.15, 0.2) is 0 Å². The minimum Gasteiger partial charge on any atom is -0.316 e. The van der Waals surface area contributed by atoms with Gasteiger partial charge in [-0.2, -0.15) is 0 Å². The number of nitrogens with one attached hydrogen (secondary N) is 2. The normalized spacial score (nSPS) is 47.1. The predicted octanol–water partition coefficient (Wildman–Crippen LogP) is 0.204. The SMILES string of the molecule is CC1CNC2CCNCC12. The minimum absolute atomic E-state index is 0.830. The van der Waals surface area contributed by atoms with E-state index in [1.165, 1.54) is 26.1 Å². The fourth-order valence-electron chi connectivity index (χ4n) is 2.22. The van der Waals surface area contributed by atoms with Crippen LogP contribution in [0.3, 0.4) is 0 Å². The van der Waals surface area contributed by atoms with Crippen molar-refractivity contribution in [1.29, 1.82) is 0 Å². The number of hydrogen-bond donors (Lipinski definition) is 2. The first-order chi connectivity index (χ1) is 4.88. The summed E-state index contributed by atoms with van der Waals surface area (Å²) in [6, 6.07) is 0.830. The van der Waals surface area contributed by atoms with Crippen LogP contribution in [-0.2, 0) is 0 Å². The molecule has 10 heavy (non-hydrogen) atoms. The topological polar surface area (TPSA) is 24.1 Å². The number of fused-ring (bicyclic) bond motifs is 1. The predicted molar refractivity (Wildman–Crippen MR) is 41.9 cm³/mol. The van der Waals surface area contributed by atoms with Crippen LogP contribution in [0.25, 0.3) is 0 Å². The third kappa shape index (κ3) is 0.956. The molecule has 2 heteroatoms. The van der Waals surface area contributed by atoms with E-state index in [0.717, 1.165) is 17.9 Å². The van der Waals surface area contributed by atoms with Gasteiger partial charge in [-0.3, -0.25) is 0 Å². The fourth-order valence-corrected chi connectivity index (χ4v) is 2.22. The molecule has 0 aliphatic carbocycles. The van der Waals surface area contributed by atoms with E-state index in [1.54, 1.807) is 0 Å². The largest absolute Gasteiger partial charge is 0.316 e. The number of piperidine rings is 1. The Morgan fingerprint density at radius 1 is 1.30 bits per heavy atom. The van der Waals surface area contributed by atoms with E-state index in [2.05, 4.69) is 17.6 Å². The molecule has 0 aromatic heterocycles. The highest BCUT2D eigenvalue weighted by Gasteiger charge is 2.34. The summed E-state index contributed by atoms with van der Waals surface area (Å²) in [6.07, 6.45) is 1.33. The highest BCUT2D eigenvalue weighted by molar-refractivity contribution is 4.92. The van der Waals surface area contributed by atoms with Crippen molar-refractivity contribution in [2.24, 2.45) is 11.8 Å². The van der Waals surface area contributed by atoms with Crippen molar-refractivity contribution in [2.75, 3.05) is 19.6 Å². The maximum atomic E-state index is 3.57. The van der Waals surface area contributed by atoms with Gasteiger partial charge in [-0.05, 0) is 37.9 Å². The van der Waals surface area contributed by atoms with E-state index in [0.29, 0.717) is 0 Å². The Morgan fingerprint density at radius 2 is 2.20 bits per heavy atom. The summed E-state index contributed by atoms with van der Waals surface area (Å²) < 4.78 is 0. The van der Waals surface area contributed by atoms with Crippen LogP contribution in [0.1, 0.15) is 13.3 Å². The number of rotatable bonds is 0. The lowest BCUT2D eigenvalue weighted by atomic mass is 9.88. The van der Waals surface area contributed by atoms with Gasteiger partial charge >= 0.3 is 0 Å². The van der Waals surface area contributed by atoms with E-state index < -0.39 is 0 Å². The van der Waals surface area contributed by atoms with Gasteiger partial charge in [0.05, 0.1) is 0 Å². The van der Waals surface area contributed by atoms with E-state index >= 15 is 0 Å². The maximum Gasteiger partial charge on any atom is 0.0123 e. The monoisotopic (exact) mass is 140 g/mol. The Kier molecular flexibility index (Phi) is 1.66. The van der Waals surface area contributed by atoms with Gasteiger partial charge in [-0.25, -0.2) is 0 Å². The highest BCUT2D eigenvalue weighted by Crippen LogP contribution is 2.25. The molecule has 0 saturated carbocycles. The van der Waals surface area contributed by atoms with E-state index in [1.807, 2.05) is 0 Å². The Balaban J connectivity index is 2.01. The minimum atomic E-state index is 0.830. The van der Waals surface area contributed by atoms with E-state index in [9.17, 15) is 0 Å². The summed E-state index contributed by atoms with van der Waals surface area (Å²) in [5.74, 6) is 1.80. The third-order valence-corrected chi connectivity index (χ3v) is 2.96. The molecule has 0 radical (unpaired) electrons. The summed E-state index contributed by atoms with van der Waals surface area (Å²) in [5.41, 5.74) is 0. The molecule has 58 valence electrons. The van der Waals surface area contributed by atoms with Crippen molar-refractivity contribution >= 4 is 0 Å². The number of hydrogen-bond acceptors (Lipinski definition) is 2. The molecule has 2 aliphatic heterocycles. The van der Waals surface area contributed by atoms with Gasteiger partial charge in [-0.15, -0.1) is 0 Å².